The number of hydrogen-bond donors (Lipinski definition) is 1. The van der Waals surface area contributed by atoms with Crippen LogP contribution in [0.15, 0.2) is 36.9 Å². The molecule has 26 heavy (non-hydrogen) atoms. The molecule has 7 nitrogen and oxygen atoms in total. The Hall–Kier alpha value is -3.09. The molecule has 0 aliphatic carbocycles. The molecule has 136 valence electrons. The van der Waals surface area contributed by atoms with Crippen LogP contribution < -0.4 is 14.8 Å². The quantitative estimate of drug-likeness (QED) is 0.802. The highest BCUT2D eigenvalue weighted by Gasteiger charge is 2.24. The Kier molecular flexibility index (Phi) is 5.36. The Balaban J connectivity index is 1.75. The number of hydrogen-bond acceptors (Lipinski definition) is 6. The maximum absolute atomic E-state index is 12.7. The van der Waals surface area contributed by atoms with Crippen molar-refractivity contribution in [3.63, 3.8) is 0 Å². The molecule has 0 saturated carbocycles. The van der Waals surface area contributed by atoms with Crippen molar-refractivity contribution in [3.8, 4) is 11.5 Å². The van der Waals surface area contributed by atoms with Crippen molar-refractivity contribution in [1.29, 1.82) is 0 Å². The van der Waals surface area contributed by atoms with Gasteiger partial charge in [0.05, 0.1) is 14.2 Å². The number of amides is 1. The first kappa shape index (κ1) is 17.7. The second kappa shape index (κ2) is 7.86. The van der Waals surface area contributed by atoms with Gasteiger partial charge in [-0.2, -0.15) is 0 Å². The molecule has 1 aromatic carbocycles. The van der Waals surface area contributed by atoms with Crippen LogP contribution in [-0.2, 0) is 13.0 Å². The SMILES string of the molecule is C=CCNc1ccc(C(=O)N2CCc3cc(OC)c(OC)cc3C2)nn1. The minimum atomic E-state index is -0.131. The van der Waals surface area contributed by atoms with Gasteiger partial charge in [-0.3, -0.25) is 4.79 Å². The molecule has 1 aromatic heterocycles. The largest absolute Gasteiger partial charge is 0.493 e. The van der Waals surface area contributed by atoms with Crippen molar-refractivity contribution in [1.82, 2.24) is 15.1 Å². The van der Waals surface area contributed by atoms with Crippen molar-refractivity contribution >= 4 is 11.7 Å². The molecular weight excluding hydrogens is 332 g/mol. The standard InChI is InChI=1S/C19H22N4O3/c1-4-8-20-18-6-5-15(21-22-18)19(24)23-9-7-13-10-16(25-2)17(26-3)11-14(13)12-23/h4-6,10-11H,1,7-9,12H2,2-3H3,(H,20,22). The zero-order valence-corrected chi connectivity index (χ0v) is 15.0. The lowest BCUT2D eigenvalue weighted by Gasteiger charge is -2.29. The molecule has 2 heterocycles. The normalized spacial score (nSPS) is 12.9. The van der Waals surface area contributed by atoms with E-state index in [0.29, 0.717) is 42.6 Å². The van der Waals surface area contributed by atoms with Gasteiger partial charge < -0.3 is 19.7 Å². The number of methoxy groups -OCH3 is 2. The number of carbonyl (C=O) groups excluding carboxylic acids is 1. The molecule has 0 unspecified atom stereocenters. The number of fused-ring (bicyclic) bond motifs is 1. The summed E-state index contributed by atoms with van der Waals surface area (Å²) in [6, 6.07) is 7.35. The van der Waals surface area contributed by atoms with Gasteiger partial charge in [0.15, 0.2) is 17.2 Å². The van der Waals surface area contributed by atoms with Crippen LogP contribution in [-0.4, -0.2) is 48.3 Å². The summed E-state index contributed by atoms with van der Waals surface area (Å²) in [5, 5.41) is 11.1. The van der Waals surface area contributed by atoms with Crippen LogP contribution in [0.1, 0.15) is 21.6 Å². The molecule has 1 N–H and O–H groups in total. The van der Waals surface area contributed by atoms with E-state index in [1.165, 1.54) is 5.56 Å². The number of nitrogens with one attached hydrogen (secondary N) is 1. The molecule has 0 fully saturated rings. The Bertz CT molecular complexity index is 805. The molecule has 0 atom stereocenters. The Labute approximate surface area is 152 Å². The Morgan fingerprint density at radius 3 is 2.58 bits per heavy atom. The van der Waals surface area contributed by atoms with E-state index in [1.807, 2.05) is 12.1 Å². The summed E-state index contributed by atoms with van der Waals surface area (Å²) in [4.78, 5) is 14.5. The number of rotatable bonds is 6. The predicted molar refractivity (Wildman–Crippen MR) is 98.7 cm³/mol. The van der Waals surface area contributed by atoms with E-state index in [4.69, 9.17) is 9.47 Å². The number of benzene rings is 1. The van der Waals surface area contributed by atoms with Crippen LogP contribution in [0.4, 0.5) is 5.82 Å². The van der Waals surface area contributed by atoms with Gasteiger partial charge in [0.25, 0.3) is 5.91 Å². The van der Waals surface area contributed by atoms with E-state index >= 15 is 0 Å². The van der Waals surface area contributed by atoms with E-state index in [2.05, 4.69) is 22.1 Å². The Morgan fingerprint density at radius 1 is 1.23 bits per heavy atom. The van der Waals surface area contributed by atoms with E-state index in [9.17, 15) is 4.79 Å². The first-order chi connectivity index (χ1) is 12.7. The zero-order chi connectivity index (χ0) is 18.5. The lowest BCUT2D eigenvalue weighted by molar-refractivity contribution is 0.0727. The predicted octanol–water partition coefficient (Wildman–Crippen LogP) is 2.29. The van der Waals surface area contributed by atoms with E-state index in [0.717, 1.165) is 12.0 Å². The highest BCUT2D eigenvalue weighted by molar-refractivity contribution is 5.92. The third-order valence-corrected chi connectivity index (χ3v) is 4.32. The summed E-state index contributed by atoms with van der Waals surface area (Å²) < 4.78 is 10.7. The van der Waals surface area contributed by atoms with E-state index < -0.39 is 0 Å². The summed E-state index contributed by atoms with van der Waals surface area (Å²) in [7, 11) is 3.22. The lowest BCUT2D eigenvalue weighted by Crippen LogP contribution is -2.36. The third kappa shape index (κ3) is 3.61. The Morgan fingerprint density at radius 2 is 1.96 bits per heavy atom. The van der Waals surface area contributed by atoms with Crippen molar-refractivity contribution in [2.45, 2.75) is 13.0 Å². The van der Waals surface area contributed by atoms with Gasteiger partial charge in [-0.05, 0) is 41.8 Å². The van der Waals surface area contributed by atoms with Crippen molar-refractivity contribution in [2.75, 3.05) is 32.6 Å². The molecule has 2 aromatic rings. The molecule has 0 saturated heterocycles. The average Bonchev–Trinajstić information content (AvgIpc) is 2.70. The second-order valence-electron chi connectivity index (χ2n) is 5.93. The minimum absolute atomic E-state index is 0.131. The summed E-state index contributed by atoms with van der Waals surface area (Å²) in [5.74, 6) is 1.85. The van der Waals surface area contributed by atoms with E-state index in [1.54, 1.807) is 37.3 Å². The fourth-order valence-electron chi connectivity index (χ4n) is 2.94. The van der Waals surface area contributed by atoms with Crippen LogP contribution in [0.5, 0.6) is 11.5 Å². The molecule has 3 rings (SSSR count). The number of anilines is 1. The number of carbonyl (C=O) groups is 1. The van der Waals surface area contributed by atoms with Gasteiger partial charge in [0, 0.05) is 19.6 Å². The summed E-state index contributed by atoms with van der Waals surface area (Å²) in [6.07, 6.45) is 2.49. The van der Waals surface area contributed by atoms with Crippen LogP contribution >= 0.6 is 0 Å². The molecule has 0 radical (unpaired) electrons. The topological polar surface area (TPSA) is 76.6 Å². The molecular formula is C19H22N4O3. The first-order valence-corrected chi connectivity index (χ1v) is 8.37. The molecule has 0 bridgehead atoms. The number of aromatic nitrogens is 2. The maximum atomic E-state index is 12.7. The van der Waals surface area contributed by atoms with Gasteiger partial charge in [-0.15, -0.1) is 16.8 Å². The third-order valence-electron chi connectivity index (χ3n) is 4.32. The summed E-state index contributed by atoms with van der Waals surface area (Å²) >= 11 is 0. The highest BCUT2D eigenvalue weighted by Crippen LogP contribution is 2.33. The monoisotopic (exact) mass is 354 g/mol. The van der Waals surface area contributed by atoms with Crippen LogP contribution in [0, 0.1) is 0 Å². The smallest absolute Gasteiger partial charge is 0.274 e. The zero-order valence-electron chi connectivity index (χ0n) is 15.0. The minimum Gasteiger partial charge on any atom is -0.493 e. The van der Waals surface area contributed by atoms with Crippen LogP contribution in [0.2, 0.25) is 0 Å². The van der Waals surface area contributed by atoms with Gasteiger partial charge in [-0.1, -0.05) is 6.08 Å². The summed E-state index contributed by atoms with van der Waals surface area (Å²) in [6.45, 7) is 5.36. The second-order valence-corrected chi connectivity index (χ2v) is 5.93. The number of ether oxygens (including phenoxy) is 2. The van der Waals surface area contributed by atoms with Crippen molar-refractivity contribution < 1.29 is 14.3 Å². The highest BCUT2D eigenvalue weighted by atomic mass is 16.5. The van der Waals surface area contributed by atoms with Gasteiger partial charge in [-0.25, -0.2) is 0 Å². The fraction of sp³-hybridized carbons (Fsp3) is 0.316. The fourth-order valence-corrected chi connectivity index (χ4v) is 2.94. The molecule has 7 heteroatoms. The maximum Gasteiger partial charge on any atom is 0.274 e. The lowest BCUT2D eigenvalue weighted by atomic mass is 9.98. The van der Waals surface area contributed by atoms with Crippen molar-refractivity contribution in [3.05, 3.63) is 53.7 Å². The molecule has 1 aliphatic heterocycles. The first-order valence-electron chi connectivity index (χ1n) is 8.37. The van der Waals surface area contributed by atoms with Gasteiger partial charge in [0.1, 0.15) is 5.82 Å². The van der Waals surface area contributed by atoms with E-state index in [-0.39, 0.29) is 5.91 Å². The number of nitrogens with zero attached hydrogens (tertiary/aromatic N) is 3. The average molecular weight is 354 g/mol. The van der Waals surface area contributed by atoms with Crippen molar-refractivity contribution in [2.24, 2.45) is 0 Å². The summed E-state index contributed by atoms with van der Waals surface area (Å²) in [5.41, 5.74) is 2.55. The molecule has 0 spiro atoms. The van der Waals surface area contributed by atoms with Crippen LogP contribution in [0.3, 0.4) is 0 Å². The molecule has 1 amide bonds. The molecule has 1 aliphatic rings. The van der Waals surface area contributed by atoms with Crippen LogP contribution in [0.25, 0.3) is 0 Å². The van der Waals surface area contributed by atoms with Gasteiger partial charge in [0.2, 0.25) is 0 Å². The van der Waals surface area contributed by atoms with Gasteiger partial charge >= 0.3 is 0 Å².